The van der Waals surface area contributed by atoms with Gasteiger partial charge in [0.05, 0.1) is 6.04 Å². The van der Waals surface area contributed by atoms with Crippen molar-refractivity contribution in [2.24, 2.45) is 4.99 Å². The number of nitrogens with zero attached hydrogens (tertiary/aromatic N) is 1. The number of hydrogen-bond donors (Lipinski definition) is 4. The van der Waals surface area contributed by atoms with Gasteiger partial charge in [0, 0.05) is 19.1 Å². The van der Waals surface area contributed by atoms with Crippen molar-refractivity contribution in [3.8, 4) is 0 Å². The van der Waals surface area contributed by atoms with Gasteiger partial charge in [0.1, 0.15) is 23.7 Å². The van der Waals surface area contributed by atoms with Gasteiger partial charge in [0.2, 0.25) is 0 Å². The van der Waals surface area contributed by atoms with Crippen LogP contribution in [0, 0.1) is 0 Å². The van der Waals surface area contributed by atoms with E-state index in [9.17, 15) is 10.2 Å². The molecule has 3 rings (SSSR count). The number of aliphatic hydroxyl groups is 2. The molecule has 7 heteroatoms. The molecule has 0 radical (unpaired) electrons. The lowest BCUT2D eigenvalue weighted by molar-refractivity contribution is -0.164. The maximum Gasteiger partial charge on any atom is 0.159 e. The van der Waals surface area contributed by atoms with Crippen LogP contribution in [-0.4, -0.2) is 64.3 Å². The summed E-state index contributed by atoms with van der Waals surface area (Å²) in [5.74, 6) is 0. The van der Waals surface area contributed by atoms with E-state index in [4.69, 9.17) is 4.74 Å². The molecule has 0 aromatic heterocycles. The van der Waals surface area contributed by atoms with Crippen LogP contribution >= 0.6 is 11.8 Å². The van der Waals surface area contributed by atoms with E-state index in [1.165, 1.54) is 37.4 Å². The lowest BCUT2D eigenvalue weighted by Crippen LogP contribution is -2.63. The number of amidine groups is 1. The molecule has 0 bridgehead atoms. The third kappa shape index (κ3) is 3.07. The summed E-state index contributed by atoms with van der Waals surface area (Å²) in [6.07, 6.45) is 2.78. The smallest absolute Gasteiger partial charge is 0.159 e. The summed E-state index contributed by atoms with van der Waals surface area (Å²) >= 11 is 1.48. The molecule has 6 nitrogen and oxygen atoms in total. The fourth-order valence-corrected chi connectivity index (χ4v) is 4.61. The molecule has 0 spiro atoms. The number of thioether (sulfide) groups is 1. The molecule has 3 fully saturated rings. The van der Waals surface area contributed by atoms with Gasteiger partial charge in [-0.15, -0.1) is 0 Å². The monoisotopic (exact) mass is 315 g/mol. The lowest BCUT2D eigenvalue weighted by Gasteiger charge is -2.42. The van der Waals surface area contributed by atoms with Crippen LogP contribution < -0.4 is 10.6 Å². The first-order chi connectivity index (χ1) is 10.1. The number of ether oxygens (including phenoxy) is 1. The molecule has 0 amide bonds. The van der Waals surface area contributed by atoms with Gasteiger partial charge in [-0.25, -0.2) is 0 Å². The second-order valence-corrected chi connectivity index (χ2v) is 7.29. The average Bonchev–Trinajstić information content (AvgIpc) is 3.11. The highest BCUT2D eigenvalue weighted by Gasteiger charge is 2.50. The number of aliphatic imine (C=N–C) groups is 1. The van der Waals surface area contributed by atoms with Gasteiger partial charge in [-0.1, -0.05) is 24.6 Å². The Morgan fingerprint density at radius 3 is 2.71 bits per heavy atom. The topological polar surface area (TPSA) is 86.1 Å². The van der Waals surface area contributed by atoms with Crippen molar-refractivity contribution in [3.05, 3.63) is 0 Å². The highest BCUT2D eigenvalue weighted by atomic mass is 32.2. The van der Waals surface area contributed by atoms with E-state index >= 15 is 0 Å². The van der Waals surface area contributed by atoms with Crippen LogP contribution in [0.3, 0.4) is 0 Å². The Morgan fingerprint density at radius 1 is 1.33 bits per heavy atom. The zero-order chi connectivity index (χ0) is 15.0. The summed E-state index contributed by atoms with van der Waals surface area (Å²) in [5, 5.41) is 28.2. The zero-order valence-corrected chi connectivity index (χ0v) is 13.3. The molecule has 120 valence electrons. The molecule has 2 heterocycles. The Balaban J connectivity index is 1.65. The summed E-state index contributed by atoms with van der Waals surface area (Å²) in [6.45, 7) is 2.03. The number of fused-ring (bicyclic) bond motifs is 1. The van der Waals surface area contributed by atoms with Crippen molar-refractivity contribution in [3.63, 3.8) is 0 Å². The Hall–Kier alpha value is -0.340. The summed E-state index contributed by atoms with van der Waals surface area (Å²) in [6, 6.07) is 0.230. The number of rotatable bonds is 3. The molecule has 1 saturated carbocycles. The molecule has 6 atom stereocenters. The van der Waals surface area contributed by atoms with E-state index in [2.05, 4.69) is 15.6 Å². The molecule has 3 aliphatic rings. The molecular formula is C14H25N3O3S. The summed E-state index contributed by atoms with van der Waals surface area (Å²) in [7, 11) is 1.71. The third-order valence-corrected chi connectivity index (χ3v) is 5.87. The largest absolute Gasteiger partial charge is 0.388 e. The van der Waals surface area contributed by atoms with Gasteiger partial charge in [-0.2, -0.15) is 0 Å². The molecule has 2 aliphatic heterocycles. The summed E-state index contributed by atoms with van der Waals surface area (Å²) < 4.78 is 6.04. The Bertz CT molecular complexity index is 403. The fraction of sp³-hybridized carbons (Fsp3) is 0.929. The Morgan fingerprint density at radius 2 is 2.05 bits per heavy atom. The van der Waals surface area contributed by atoms with Gasteiger partial charge in [0.25, 0.3) is 0 Å². The van der Waals surface area contributed by atoms with Crippen LogP contribution in [0.4, 0.5) is 0 Å². The van der Waals surface area contributed by atoms with Gasteiger partial charge in [-0.3, -0.25) is 4.99 Å². The van der Waals surface area contributed by atoms with Crippen LogP contribution in [0.25, 0.3) is 0 Å². The predicted molar refractivity (Wildman–Crippen MR) is 83.4 cm³/mol. The van der Waals surface area contributed by atoms with Gasteiger partial charge in [0.15, 0.2) is 5.17 Å². The summed E-state index contributed by atoms with van der Waals surface area (Å²) in [5.41, 5.74) is -0.195. The number of hydrogen-bond acceptors (Lipinski definition) is 6. The van der Waals surface area contributed by atoms with Gasteiger partial charge in [-0.05, 0) is 19.8 Å². The lowest BCUT2D eigenvalue weighted by atomic mass is 9.93. The standard InChI is InChI=1S/C14H25N3O3S/c1-7(16-8-5-3-4-6-8)12-11(19)10(18)9-13(20-12)21-14(15-2)17-9/h7-13,16,18-19H,3-6H2,1-2H3,(H,15,17)/t7?,9-,10-,11+,12+,13-/m1/s1. The Labute approximate surface area is 129 Å². The molecule has 21 heavy (non-hydrogen) atoms. The molecular weight excluding hydrogens is 290 g/mol. The first kappa shape index (κ1) is 15.6. The van der Waals surface area contributed by atoms with Crippen LogP contribution in [0.15, 0.2) is 4.99 Å². The van der Waals surface area contributed by atoms with Crippen molar-refractivity contribution < 1.29 is 14.9 Å². The normalized spacial score (nSPS) is 43.8. The first-order valence-electron chi connectivity index (χ1n) is 7.77. The maximum absolute atomic E-state index is 10.4. The number of nitrogens with one attached hydrogen (secondary N) is 2. The van der Waals surface area contributed by atoms with Crippen molar-refractivity contribution in [2.45, 2.75) is 74.5 Å². The van der Waals surface area contributed by atoms with E-state index in [0.717, 1.165) is 5.17 Å². The predicted octanol–water partition coefficient (Wildman–Crippen LogP) is 0.0446. The van der Waals surface area contributed by atoms with Crippen LogP contribution in [-0.2, 0) is 4.74 Å². The van der Waals surface area contributed by atoms with Crippen LogP contribution in [0.2, 0.25) is 0 Å². The van der Waals surface area contributed by atoms with Crippen LogP contribution in [0.5, 0.6) is 0 Å². The Kier molecular flexibility index (Phi) is 4.75. The van der Waals surface area contributed by atoms with E-state index in [0.29, 0.717) is 6.04 Å². The van der Waals surface area contributed by atoms with Crippen LogP contribution in [0.1, 0.15) is 32.6 Å². The van der Waals surface area contributed by atoms with Gasteiger partial charge >= 0.3 is 0 Å². The van der Waals surface area contributed by atoms with E-state index in [1.54, 1.807) is 7.05 Å². The summed E-state index contributed by atoms with van der Waals surface area (Å²) in [4.78, 5) is 4.10. The zero-order valence-electron chi connectivity index (χ0n) is 12.5. The molecule has 0 aromatic carbocycles. The second-order valence-electron chi connectivity index (χ2n) is 6.20. The molecule has 0 aromatic rings. The van der Waals surface area contributed by atoms with E-state index in [-0.39, 0.29) is 17.5 Å². The second kappa shape index (κ2) is 6.42. The maximum atomic E-state index is 10.4. The number of aliphatic hydroxyl groups excluding tert-OH is 2. The fourth-order valence-electron chi connectivity index (χ4n) is 3.52. The third-order valence-electron chi connectivity index (χ3n) is 4.71. The van der Waals surface area contributed by atoms with Gasteiger partial charge < -0.3 is 25.6 Å². The molecule has 1 aliphatic carbocycles. The quantitative estimate of drug-likeness (QED) is 0.589. The first-order valence-corrected chi connectivity index (χ1v) is 8.65. The van der Waals surface area contributed by atoms with E-state index < -0.39 is 18.3 Å². The van der Waals surface area contributed by atoms with Crippen molar-refractivity contribution >= 4 is 16.9 Å². The highest BCUT2D eigenvalue weighted by Crippen LogP contribution is 2.35. The molecule has 4 N–H and O–H groups in total. The highest BCUT2D eigenvalue weighted by molar-refractivity contribution is 8.14. The van der Waals surface area contributed by atoms with E-state index in [1.807, 2.05) is 6.92 Å². The average molecular weight is 315 g/mol. The molecule has 2 saturated heterocycles. The van der Waals surface area contributed by atoms with Crippen molar-refractivity contribution in [1.82, 2.24) is 10.6 Å². The minimum atomic E-state index is -0.889. The minimum Gasteiger partial charge on any atom is -0.388 e. The molecule has 1 unspecified atom stereocenters. The van der Waals surface area contributed by atoms with Crippen molar-refractivity contribution in [2.75, 3.05) is 7.05 Å². The minimum absolute atomic E-state index is 0.0157. The van der Waals surface area contributed by atoms with Crippen molar-refractivity contribution in [1.29, 1.82) is 0 Å². The SMILES string of the molecule is CN=C1N[C@@H]2[C@@H](O)[C@H](O)[C@H](C(C)NC3CCCC3)O[C@@H]2S1.